The molecule has 0 aliphatic rings. The van der Waals surface area contributed by atoms with Crippen molar-refractivity contribution in [1.29, 1.82) is 0 Å². The number of hydrogen-bond acceptors (Lipinski definition) is 4. The molecule has 2 aromatic heterocycles. The number of benzene rings is 1. The predicted molar refractivity (Wildman–Crippen MR) is 86.2 cm³/mol. The maximum Gasteiger partial charge on any atom is 0.143 e. The van der Waals surface area contributed by atoms with Crippen LogP contribution in [0, 0.1) is 0 Å². The zero-order chi connectivity index (χ0) is 15.4. The van der Waals surface area contributed by atoms with Gasteiger partial charge in [-0.2, -0.15) is 0 Å². The first-order chi connectivity index (χ1) is 10.7. The van der Waals surface area contributed by atoms with Crippen molar-refractivity contribution >= 4 is 0 Å². The van der Waals surface area contributed by atoms with Crippen LogP contribution in [0.4, 0.5) is 0 Å². The molecule has 3 rings (SSSR count). The summed E-state index contributed by atoms with van der Waals surface area (Å²) in [5, 5.41) is 0. The van der Waals surface area contributed by atoms with Gasteiger partial charge < -0.3 is 9.47 Å². The van der Waals surface area contributed by atoms with Crippen LogP contribution in [0.1, 0.15) is 11.1 Å². The van der Waals surface area contributed by atoms with Crippen molar-refractivity contribution in [3.63, 3.8) is 0 Å². The Hall–Kier alpha value is -2.53. The molecule has 0 fully saturated rings. The normalized spacial score (nSPS) is 11.0. The van der Waals surface area contributed by atoms with Crippen molar-refractivity contribution in [3.8, 4) is 11.4 Å². The lowest BCUT2D eigenvalue weighted by atomic mass is 10.1. The maximum absolute atomic E-state index is 4.43. The van der Waals surface area contributed by atoms with Crippen molar-refractivity contribution in [3.05, 3.63) is 66.5 Å². The van der Waals surface area contributed by atoms with Gasteiger partial charge in [-0.25, -0.2) is 15.0 Å². The standard InChI is InChI=1S/C17H19N5/c1-21(2)11-14-4-3-5-15(8-14)12-22-7-6-20-17(22)16-9-18-13-19-10-16/h3-10,13H,11-12H2,1-2H3. The van der Waals surface area contributed by atoms with Crippen LogP contribution < -0.4 is 0 Å². The molecule has 0 unspecified atom stereocenters. The smallest absolute Gasteiger partial charge is 0.143 e. The first kappa shape index (κ1) is 14.4. The molecule has 0 bridgehead atoms. The van der Waals surface area contributed by atoms with Gasteiger partial charge in [0.1, 0.15) is 12.2 Å². The quantitative estimate of drug-likeness (QED) is 0.725. The SMILES string of the molecule is CN(C)Cc1cccc(Cn2ccnc2-c2cncnc2)c1. The minimum atomic E-state index is 0.783. The molecule has 0 radical (unpaired) electrons. The highest BCUT2D eigenvalue weighted by molar-refractivity contribution is 5.52. The average molecular weight is 293 g/mol. The van der Waals surface area contributed by atoms with E-state index < -0.39 is 0 Å². The molecule has 2 heterocycles. The largest absolute Gasteiger partial charge is 0.326 e. The third-order valence-electron chi connectivity index (χ3n) is 3.38. The maximum atomic E-state index is 4.43. The van der Waals surface area contributed by atoms with Crippen LogP contribution in [0.15, 0.2) is 55.4 Å². The van der Waals surface area contributed by atoms with Gasteiger partial charge in [0.25, 0.3) is 0 Å². The predicted octanol–water partition coefficient (Wildman–Crippen LogP) is 2.45. The molecule has 22 heavy (non-hydrogen) atoms. The fourth-order valence-corrected chi connectivity index (χ4v) is 2.50. The number of rotatable bonds is 5. The fourth-order valence-electron chi connectivity index (χ4n) is 2.50. The second-order valence-corrected chi connectivity index (χ2v) is 5.56. The highest BCUT2D eigenvalue weighted by Gasteiger charge is 2.07. The molecule has 0 atom stereocenters. The van der Waals surface area contributed by atoms with E-state index in [1.807, 2.05) is 12.4 Å². The van der Waals surface area contributed by atoms with Gasteiger partial charge in [-0.15, -0.1) is 0 Å². The first-order valence-corrected chi connectivity index (χ1v) is 7.21. The van der Waals surface area contributed by atoms with E-state index in [0.717, 1.165) is 24.5 Å². The van der Waals surface area contributed by atoms with E-state index in [4.69, 9.17) is 0 Å². The van der Waals surface area contributed by atoms with E-state index in [0.29, 0.717) is 0 Å². The summed E-state index contributed by atoms with van der Waals surface area (Å²) in [4.78, 5) is 14.7. The van der Waals surface area contributed by atoms with E-state index in [2.05, 4.69) is 62.8 Å². The third-order valence-corrected chi connectivity index (χ3v) is 3.38. The van der Waals surface area contributed by atoms with Crippen molar-refractivity contribution in [1.82, 2.24) is 24.4 Å². The first-order valence-electron chi connectivity index (χ1n) is 7.21. The van der Waals surface area contributed by atoms with E-state index in [1.54, 1.807) is 12.4 Å². The summed E-state index contributed by atoms with van der Waals surface area (Å²) < 4.78 is 2.12. The van der Waals surface area contributed by atoms with Crippen LogP contribution in [0.3, 0.4) is 0 Å². The molecular weight excluding hydrogens is 274 g/mol. The molecule has 0 aliphatic heterocycles. The van der Waals surface area contributed by atoms with Gasteiger partial charge >= 0.3 is 0 Å². The summed E-state index contributed by atoms with van der Waals surface area (Å²) in [5.74, 6) is 0.888. The highest BCUT2D eigenvalue weighted by Crippen LogP contribution is 2.17. The van der Waals surface area contributed by atoms with Gasteiger partial charge in [-0.1, -0.05) is 24.3 Å². The Morgan fingerprint density at radius 1 is 1.09 bits per heavy atom. The Bertz CT molecular complexity index is 734. The van der Waals surface area contributed by atoms with Gasteiger partial charge in [0.2, 0.25) is 0 Å². The molecule has 0 aliphatic carbocycles. The Kier molecular flexibility index (Phi) is 4.25. The number of nitrogens with zero attached hydrogens (tertiary/aromatic N) is 5. The minimum absolute atomic E-state index is 0.783. The number of aromatic nitrogens is 4. The minimum Gasteiger partial charge on any atom is -0.326 e. The van der Waals surface area contributed by atoms with Gasteiger partial charge in [0.05, 0.1) is 5.56 Å². The molecule has 0 amide bonds. The highest BCUT2D eigenvalue weighted by atomic mass is 15.1. The molecule has 5 heteroatoms. The van der Waals surface area contributed by atoms with Gasteiger partial charge in [0, 0.05) is 37.9 Å². The van der Waals surface area contributed by atoms with Crippen LogP contribution >= 0.6 is 0 Å². The van der Waals surface area contributed by atoms with Crippen molar-refractivity contribution in [2.75, 3.05) is 14.1 Å². The molecule has 0 saturated heterocycles. The average Bonchev–Trinajstić information content (AvgIpc) is 2.96. The molecule has 0 spiro atoms. The summed E-state index contributed by atoms with van der Waals surface area (Å²) in [6.07, 6.45) is 8.90. The van der Waals surface area contributed by atoms with Crippen LogP contribution in [-0.2, 0) is 13.1 Å². The summed E-state index contributed by atoms with van der Waals surface area (Å²) in [7, 11) is 4.16. The van der Waals surface area contributed by atoms with Gasteiger partial charge in [-0.3, -0.25) is 0 Å². The lowest BCUT2D eigenvalue weighted by Gasteiger charge is -2.12. The second kappa shape index (κ2) is 6.49. The molecule has 0 N–H and O–H groups in total. The Morgan fingerprint density at radius 2 is 1.86 bits per heavy atom. The summed E-state index contributed by atoms with van der Waals surface area (Å²) in [5.41, 5.74) is 3.50. The van der Waals surface area contributed by atoms with Crippen molar-refractivity contribution < 1.29 is 0 Å². The van der Waals surface area contributed by atoms with Crippen LogP contribution in [0.25, 0.3) is 11.4 Å². The van der Waals surface area contributed by atoms with Crippen LogP contribution in [0.2, 0.25) is 0 Å². The summed E-state index contributed by atoms with van der Waals surface area (Å²) in [6, 6.07) is 8.65. The van der Waals surface area contributed by atoms with E-state index in [9.17, 15) is 0 Å². The molecule has 3 aromatic rings. The lowest BCUT2D eigenvalue weighted by Crippen LogP contribution is -2.11. The molecule has 5 nitrogen and oxygen atoms in total. The summed E-state index contributed by atoms with van der Waals surface area (Å²) >= 11 is 0. The van der Waals surface area contributed by atoms with Gasteiger partial charge in [-0.05, 0) is 25.2 Å². The monoisotopic (exact) mass is 293 g/mol. The fraction of sp³-hybridized carbons (Fsp3) is 0.235. The Balaban J connectivity index is 1.84. The zero-order valence-corrected chi connectivity index (χ0v) is 12.8. The summed E-state index contributed by atoms with van der Waals surface area (Å²) in [6.45, 7) is 1.72. The van der Waals surface area contributed by atoms with E-state index in [-0.39, 0.29) is 0 Å². The molecule has 112 valence electrons. The van der Waals surface area contributed by atoms with Gasteiger partial charge in [0.15, 0.2) is 0 Å². The number of hydrogen-bond donors (Lipinski definition) is 0. The second-order valence-electron chi connectivity index (χ2n) is 5.56. The van der Waals surface area contributed by atoms with Crippen LogP contribution in [0.5, 0.6) is 0 Å². The Morgan fingerprint density at radius 3 is 2.64 bits per heavy atom. The topological polar surface area (TPSA) is 46.8 Å². The molecule has 0 saturated carbocycles. The van der Waals surface area contributed by atoms with Crippen molar-refractivity contribution in [2.45, 2.75) is 13.1 Å². The molecule has 1 aromatic carbocycles. The van der Waals surface area contributed by atoms with E-state index >= 15 is 0 Å². The van der Waals surface area contributed by atoms with E-state index in [1.165, 1.54) is 17.5 Å². The zero-order valence-electron chi connectivity index (χ0n) is 12.8. The van der Waals surface area contributed by atoms with Crippen LogP contribution in [-0.4, -0.2) is 38.5 Å². The molecular formula is C17H19N5. The number of imidazole rings is 1. The Labute approximate surface area is 130 Å². The third kappa shape index (κ3) is 3.38. The lowest BCUT2D eigenvalue weighted by molar-refractivity contribution is 0.402. The van der Waals surface area contributed by atoms with Crippen molar-refractivity contribution in [2.24, 2.45) is 0 Å².